The molecule has 9 heteroatoms. The molecule has 1 aromatic heterocycles. The normalized spacial score (nSPS) is 22.5. The highest BCUT2D eigenvalue weighted by Gasteiger charge is 2.28. The second-order valence-corrected chi connectivity index (χ2v) is 8.67. The maximum absolute atomic E-state index is 13.2. The van der Waals surface area contributed by atoms with E-state index in [2.05, 4.69) is 34.0 Å². The number of likely N-dealkylation sites (N-methyl/N-ethyl adjacent to an activating group) is 1. The fourth-order valence-electron chi connectivity index (χ4n) is 3.99. The minimum absolute atomic E-state index is 0.0368. The summed E-state index contributed by atoms with van der Waals surface area (Å²) in [7, 11) is 3.45. The summed E-state index contributed by atoms with van der Waals surface area (Å²) >= 11 is 0. The van der Waals surface area contributed by atoms with E-state index in [0.29, 0.717) is 36.7 Å². The molecule has 0 spiro atoms. The monoisotopic (exact) mass is 455 g/mol. The first-order valence-corrected chi connectivity index (χ1v) is 11.1. The quantitative estimate of drug-likeness (QED) is 0.756. The van der Waals surface area contributed by atoms with Gasteiger partial charge in [-0.1, -0.05) is 6.92 Å². The van der Waals surface area contributed by atoms with E-state index in [9.17, 15) is 9.59 Å². The number of anilines is 1. The minimum atomic E-state index is -0.187. The van der Waals surface area contributed by atoms with Crippen molar-refractivity contribution >= 4 is 17.5 Å². The molecule has 3 atom stereocenters. The molecule has 178 valence electrons. The van der Waals surface area contributed by atoms with Crippen molar-refractivity contribution < 1.29 is 19.1 Å². The average molecular weight is 456 g/mol. The number of ether oxygens (including phenoxy) is 2. The van der Waals surface area contributed by atoms with Crippen molar-refractivity contribution in [2.45, 2.75) is 39.5 Å². The van der Waals surface area contributed by atoms with Gasteiger partial charge in [0.1, 0.15) is 18.7 Å². The van der Waals surface area contributed by atoms with Crippen LogP contribution in [0.4, 0.5) is 5.69 Å². The molecule has 1 aliphatic rings. The van der Waals surface area contributed by atoms with Crippen LogP contribution in [0, 0.1) is 5.92 Å². The molecule has 1 N–H and O–H groups in total. The van der Waals surface area contributed by atoms with Crippen molar-refractivity contribution in [1.29, 1.82) is 0 Å². The molecule has 0 fully saturated rings. The summed E-state index contributed by atoms with van der Waals surface area (Å²) in [5, 5.41) is 2.75. The molecular weight excluding hydrogens is 422 g/mol. The molecule has 0 aliphatic carbocycles. The van der Waals surface area contributed by atoms with Gasteiger partial charge in [-0.3, -0.25) is 14.5 Å². The van der Waals surface area contributed by atoms with Crippen molar-refractivity contribution in [2.24, 2.45) is 5.92 Å². The van der Waals surface area contributed by atoms with E-state index in [0.717, 1.165) is 12.1 Å². The molecule has 2 aromatic rings. The molecule has 9 nitrogen and oxygen atoms in total. The van der Waals surface area contributed by atoms with Crippen molar-refractivity contribution in [2.75, 3.05) is 39.2 Å². The van der Waals surface area contributed by atoms with Crippen LogP contribution >= 0.6 is 0 Å². The zero-order valence-corrected chi connectivity index (χ0v) is 19.9. The molecule has 0 saturated carbocycles. The number of hydrogen-bond acceptors (Lipinski definition) is 7. The topological polar surface area (TPSA) is 96.9 Å². The van der Waals surface area contributed by atoms with Gasteiger partial charge in [-0.25, -0.2) is 9.97 Å². The number of carbonyl (C=O) groups excluding carboxylic acids is 2. The first kappa shape index (κ1) is 24.6. The summed E-state index contributed by atoms with van der Waals surface area (Å²) in [6.07, 6.45) is 5.02. The number of rotatable bonds is 4. The third-order valence-electron chi connectivity index (χ3n) is 5.90. The van der Waals surface area contributed by atoms with Gasteiger partial charge in [0.25, 0.3) is 5.91 Å². The third-order valence-corrected chi connectivity index (χ3v) is 5.90. The summed E-state index contributed by atoms with van der Waals surface area (Å²) < 4.78 is 12.0. The average Bonchev–Trinajstić information content (AvgIpc) is 2.79. The number of methoxy groups -OCH3 is 1. The van der Waals surface area contributed by atoms with Gasteiger partial charge in [-0.15, -0.1) is 0 Å². The number of carbonyl (C=O) groups is 2. The summed E-state index contributed by atoms with van der Waals surface area (Å²) in [6.45, 7) is 7.89. The van der Waals surface area contributed by atoms with E-state index in [1.54, 1.807) is 37.3 Å². The van der Waals surface area contributed by atoms with Gasteiger partial charge in [0, 0.05) is 76.5 Å². The van der Waals surface area contributed by atoms with Crippen molar-refractivity contribution in [1.82, 2.24) is 19.8 Å². The smallest absolute Gasteiger partial charge is 0.257 e. The fraction of sp³-hybridized carbons (Fsp3) is 0.500. The predicted molar refractivity (Wildman–Crippen MR) is 125 cm³/mol. The zero-order chi connectivity index (χ0) is 24.0. The number of fused-ring (bicyclic) bond motifs is 1. The highest BCUT2D eigenvalue weighted by molar-refractivity contribution is 5.98. The first-order chi connectivity index (χ1) is 15.8. The lowest BCUT2D eigenvalue weighted by molar-refractivity contribution is -0.114. The number of aromatic nitrogens is 2. The Morgan fingerprint density at radius 2 is 1.97 bits per heavy atom. The SMILES string of the molecule is CO[C@@H]1CN(C)C(=O)c2ccc(NC(C)=O)cc2OC[C@@H](C)N(Cc2cncnc2)C[C@H]1C. The predicted octanol–water partition coefficient (Wildman–Crippen LogP) is 2.44. The lowest BCUT2D eigenvalue weighted by Gasteiger charge is -2.36. The Bertz CT molecular complexity index is 955. The first-order valence-electron chi connectivity index (χ1n) is 11.1. The van der Waals surface area contributed by atoms with Gasteiger partial charge >= 0.3 is 0 Å². The Morgan fingerprint density at radius 1 is 1.24 bits per heavy atom. The Morgan fingerprint density at radius 3 is 2.64 bits per heavy atom. The van der Waals surface area contributed by atoms with Crippen molar-refractivity contribution in [3.8, 4) is 5.75 Å². The molecule has 33 heavy (non-hydrogen) atoms. The maximum Gasteiger partial charge on any atom is 0.257 e. The molecule has 2 heterocycles. The van der Waals surface area contributed by atoms with Gasteiger partial charge in [-0.2, -0.15) is 0 Å². The molecule has 0 saturated heterocycles. The summed E-state index contributed by atoms with van der Waals surface area (Å²) in [5.74, 6) is 0.266. The second kappa shape index (κ2) is 11.2. The van der Waals surface area contributed by atoms with Gasteiger partial charge in [-0.05, 0) is 25.0 Å². The van der Waals surface area contributed by atoms with Crippen LogP contribution in [-0.4, -0.2) is 77.6 Å². The molecule has 1 aromatic carbocycles. The van der Waals surface area contributed by atoms with Gasteiger partial charge in [0.2, 0.25) is 5.91 Å². The van der Waals surface area contributed by atoms with E-state index in [4.69, 9.17) is 9.47 Å². The maximum atomic E-state index is 13.2. The zero-order valence-electron chi connectivity index (χ0n) is 19.9. The van der Waals surface area contributed by atoms with Crippen molar-refractivity contribution in [3.05, 3.63) is 48.0 Å². The third kappa shape index (κ3) is 6.49. The standard InChI is InChI=1S/C24H33N5O4/c1-16-11-29(12-19-9-25-15-26-10-19)17(2)14-33-22-8-20(27-18(3)30)6-7-21(22)24(31)28(4)13-23(16)32-5/h6-10,15-17,23H,11-14H2,1-5H3,(H,27,30)/t16-,17-,23-/m1/s1. The molecule has 0 unspecified atom stereocenters. The van der Waals surface area contributed by atoms with Crippen molar-refractivity contribution in [3.63, 3.8) is 0 Å². The molecule has 1 aliphatic heterocycles. The number of nitrogens with one attached hydrogen (secondary N) is 1. The van der Waals surface area contributed by atoms with Crippen LogP contribution in [0.15, 0.2) is 36.9 Å². The Labute approximate surface area is 195 Å². The molecule has 0 radical (unpaired) electrons. The van der Waals surface area contributed by atoms with E-state index >= 15 is 0 Å². The second-order valence-electron chi connectivity index (χ2n) is 8.67. The fourth-order valence-corrected chi connectivity index (χ4v) is 3.99. The lowest BCUT2D eigenvalue weighted by atomic mass is 10.0. The van der Waals surface area contributed by atoms with Crippen LogP contribution in [0.2, 0.25) is 0 Å². The van der Waals surface area contributed by atoms with Crippen LogP contribution in [-0.2, 0) is 16.1 Å². The van der Waals surface area contributed by atoms with Gasteiger partial charge in [0.15, 0.2) is 0 Å². The number of amides is 2. The van der Waals surface area contributed by atoms with Gasteiger partial charge < -0.3 is 19.7 Å². The number of benzene rings is 1. The summed E-state index contributed by atoms with van der Waals surface area (Å²) in [6, 6.07) is 5.14. The van der Waals surface area contributed by atoms with E-state index in [1.165, 1.54) is 13.3 Å². The highest BCUT2D eigenvalue weighted by atomic mass is 16.5. The van der Waals surface area contributed by atoms with E-state index < -0.39 is 0 Å². The van der Waals surface area contributed by atoms with E-state index in [-0.39, 0.29) is 29.9 Å². The van der Waals surface area contributed by atoms with E-state index in [1.807, 2.05) is 12.4 Å². The number of hydrogen-bond donors (Lipinski definition) is 1. The van der Waals surface area contributed by atoms with Crippen LogP contribution in [0.1, 0.15) is 36.7 Å². The van der Waals surface area contributed by atoms with Crippen LogP contribution < -0.4 is 10.1 Å². The molecular formula is C24H33N5O4. The van der Waals surface area contributed by atoms with Crippen LogP contribution in [0.25, 0.3) is 0 Å². The molecule has 3 rings (SSSR count). The van der Waals surface area contributed by atoms with Crippen LogP contribution in [0.3, 0.4) is 0 Å². The summed E-state index contributed by atoms with van der Waals surface area (Å²) in [5.41, 5.74) is 2.04. The molecule has 0 bridgehead atoms. The van der Waals surface area contributed by atoms with Gasteiger partial charge in [0.05, 0.1) is 11.7 Å². The largest absolute Gasteiger partial charge is 0.491 e. The number of nitrogens with zero attached hydrogens (tertiary/aromatic N) is 4. The Balaban J connectivity index is 1.94. The highest BCUT2D eigenvalue weighted by Crippen LogP contribution is 2.27. The molecule has 2 amide bonds. The summed E-state index contributed by atoms with van der Waals surface area (Å²) in [4.78, 5) is 37.0. The lowest BCUT2D eigenvalue weighted by Crippen LogP contribution is -2.46. The Hall–Kier alpha value is -3.04. The Kier molecular flexibility index (Phi) is 8.35. The minimum Gasteiger partial charge on any atom is -0.491 e. The van der Waals surface area contributed by atoms with Crippen LogP contribution in [0.5, 0.6) is 5.75 Å².